The molecule has 7 fully saturated rings. The van der Waals surface area contributed by atoms with E-state index in [0.717, 1.165) is 89.8 Å². The lowest BCUT2D eigenvalue weighted by molar-refractivity contribution is -0.131. The molecule has 0 amide bonds. The Bertz CT molecular complexity index is 1590. The Hall–Kier alpha value is -2.00. The predicted molar refractivity (Wildman–Crippen MR) is 223 cm³/mol. The highest BCUT2D eigenvalue weighted by atomic mass is 32.2. The average Bonchev–Trinajstić information content (AvgIpc) is 4.03. The second-order valence-corrected chi connectivity index (χ2v) is 21.0. The van der Waals surface area contributed by atoms with Gasteiger partial charge in [-0.2, -0.15) is 11.8 Å². The highest BCUT2D eigenvalue weighted by Gasteiger charge is 2.57. The smallest absolute Gasteiger partial charge is 0.308 e. The van der Waals surface area contributed by atoms with Gasteiger partial charge in [0.25, 0.3) is 0 Å². The van der Waals surface area contributed by atoms with Crippen molar-refractivity contribution < 1.29 is 28.5 Å². The molecule has 2 aromatic carbocycles. The number of hydrogen-bond donors (Lipinski definition) is 0. The van der Waals surface area contributed by atoms with E-state index in [9.17, 15) is 9.59 Å². The number of esters is 1. The Morgan fingerprint density at radius 1 is 0.600 bits per heavy atom. The predicted octanol–water partition coefficient (Wildman–Crippen LogP) is 10.3. The molecule has 9 rings (SSSR count). The molecule has 6 nitrogen and oxygen atoms in total. The lowest BCUT2D eigenvalue weighted by Gasteiger charge is -2.35. The number of methoxy groups -OCH3 is 1. The molecule has 7 saturated carbocycles. The molecule has 0 aliphatic heterocycles. The lowest BCUT2D eigenvalue weighted by Crippen LogP contribution is -2.33. The van der Waals surface area contributed by atoms with Crippen LogP contribution >= 0.6 is 23.5 Å². The van der Waals surface area contributed by atoms with E-state index in [-0.39, 0.29) is 5.97 Å². The third-order valence-electron chi connectivity index (χ3n) is 15.2. The molecule has 0 saturated heterocycles. The molecule has 55 heavy (non-hydrogen) atoms. The van der Waals surface area contributed by atoms with Crippen LogP contribution < -0.4 is 9.47 Å². The molecule has 8 heteroatoms. The zero-order chi connectivity index (χ0) is 38.1. The van der Waals surface area contributed by atoms with E-state index in [1.807, 2.05) is 36.4 Å². The van der Waals surface area contributed by atoms with Crippen molar-refractivity contribution in [2.75, 3.05) is 26.6 Å². The van der Waals surface area contributed by atoms with Crippen molar-refractivity contribution in [1.82, 2.24) is 0 Å². The summed E-state index contributed by atoms with van der Waals surface area (Å²) >= 11 is 3.73. The van der Waals surface area contributed by atoms with E-state index >= 15 is 0 Å². The fourth-order valence-electron chi connectivity index (χ4n) is 12.7. The third-order valence-corrected chi connectivity index (χ3v) is 17.3. The lowest BCUT2D eigenvalue weighted by atomic mass is 9.79. The van der Waals surface area contributed by atoms with Crippen molar-refractivity contribution in [3.05, 3.63) is 59.7 Å². The topological polar surface area (TPSA) is 71.1 Å². The maximum Gasteiger partial charge on any atom is 0.308 e. The summed E-state index contributed by atoms with van der Waals surface area (Å²) in [6.45, 7) is 5.16. The van der Waals surface area contributed by atoms with E-state index in [4.69, 9.17) is 18.9 Å². The van der Waals surface area contributed by atoms with Crippen LogP contribution in [0.1, 0.15) is 102 Å². The van der Waals surface area contributed by atoms with E-state index in [0.29, 0.717) is 28.3 Å². The van der Waals surface area contributed by atoms with Crippen molar-refractivity contribution in [1.29, 1.82) is 0 Å². The molecule has 0 radical (unpaired) electrons. The summed E-state index contributed by atoms with van der Waals surface area (Å²) < 4.78 is 23.5. The Morgan fingerprint density at radius 3 is 1.55 bits per heavy atom. The molecule has 0 aromatic heterocycles. The first-order valence-electron chi connectivity index (χ1n) is 21.6. The minimum atomic E-state index is -0.303. The van der Waals surface area contributed by atoms with Crippen LogP contribution in [0.25, 0.3) is 0 Å². The van der Waals surface area contributed by atoms with Gasteiger partial charge in [-0.25, -0.2) is 0 Å². The van der Waals surface area contributed by atoms with Crippen molar-refractivity contribution in [2.45, 2.75) is 120 Å². The second-order valence-electron chi connectivity index (χ2n) is 18.4. The largest absolute Gasteiger partial charge is 0.497 e. The third kappa shape index (κ3) is 9.34. The summed E-state index contributed by atoms with van der Waals surface area (Å²) in [6, 6.07) is 15.5. The van der Waals surface area contributed by atoms with Crippen molar-refractivity contribution in [3.63, 3.8) is 0 Å². The molecule has 0 N–H and O–H groups in total. The Balaban J connectivity index is 0.000000191. The summed E-state index contributed by atoms with van der Waals surface area (Å²) in [6.07, 6.45) is 20.7. The number of rotatable bonds is 12. The monoisotopic (exact) mass is 788 g/mol. The summed E-state index contributed by atoms with van der Waals surface area (Å²) in [5.74, 6) is 9.99. The van der Waals surface area contributed by atoms with Crippen molar-refractivity contribution in [3.8, 4) is 11.5 Å². The Labute approximate surface area is 338 Å². The Kier molecular flexibility index (Phi) is 12.9. The number of fused-ring (bicyclic) bond motifs is 10. The highest BCUT2D eigenvalue weighted by molar-refractivity contribution is 8.14. The van der Waals surface area contributed by atoms with Gasteiger partial charge in [0.1, 0.15) is 11.5 Å². The number of carbonyl (C=O) groups excluding carboxylic acids is 2. The first-order valence-corrected chi connectivity index (χ1v) is 23.7. The van der Waals surface area contributed by atoms with E-state index in [2.05, 4.69) is 18.0 Å². The first-order chi connectivity index (χ1) is 26.7. The fourth-order valence-corrected chi connectivity index (χ4v) is 14.7. The summed E-state index contributed by atoms with van der Waals surface area (Å²) in [7, 11) is 1.66. The van der Waals surface area contributed by atoms with Crippen LogP contribution in [-0.4, -0.2) is 60.4 Å². The molecule has 12 atom stereocenters. The van der Waals surface area contributed by atoms with Gasteiger partial charge in [-0.3, -0.25) is 9.59 Å². The van der Waals surface area contributed by atoms with Gasteiger partial charge in [-0.15, -0.1) is 0 Å². The molecule has 0 spiro atoms. The summed E-state index contributed by atoms with van der Waals surface area (Å²) in [4.78, 5) is 22.4. The van der Waals surface area contributed by atoms with Gasteiger partial charge in [-0.05, 0) is 184 Å². The van der Waals surface area contributed by atoms with Gasteiger partial charge in [0.05, 0.1) is 19.3 Å². The fraction of sp³-hybridized carbons (Fsp3) is 0.702. The molecule has 4 bridgehead atoms. The minimum Gasteiger partial charge on any atom is -0.497 e. The summed E-state index contributed by atoms with van der Waals surface area (Å²) in [5.41, 5.74) is 2.38. The first kappa shape index (κ1) is 39.8. The van der Waals surface area contributed by atoms with Crippen LogP contribution in [0, 0.1) is 59.2 Å². The summed E-state index contributed by atoms with van der Waals surface area (Å²) in [5, 5.41) is 1.83. The van der Waals surface area contributed by atoms with Crippen LogP contribution in [0.5, 0.6) is 11.5 Å². The van der Waals surface area contributed by atoms with Crippen LogP contribution in [0.15, 0.2) is 48.5 Å². The number of ether oxygens (including phenoxy) is 4. The average molecular weight is 789 g/mol. The molecule has 2 aromatic rings. The van der Waals surface area contributed by atoms with Gasteiger partial charge in [0.2, 0.25) is 0 Å². The zero-order valence-electron chi connectivity index (χ0n) is 33.6. The zero-order valence-corrected chi connectivity index (χ0v) is 35.2. The number of hydrogen-bond acceptors (Lipinski definition) is 8. The van der Waals surface area contributed by atoms with E-state index in [1.165, 1.54) is 95.1 Å². The van der Waals surface area contributed by atoms with E-state index in [1.54, 1.807) is 37.9 Å². The normalized spacial score (nSPS) is 38.0. The van der Waals surface area contributed by atoms with Crippen LogP contribution in [-0.2, 0) is 25.5 Å². The second kappa shape index (κ2) is 17.9. The molecular weight excluding hydrogens is 725 g/mol. The van der Waals surface area contributed by atoms with Crippen molar-refractivity contribution >= 4 is 34.6 Å². The Morgan fingerprint density at radius 2 is 1.07 bits per heavy atom. The van der Waals surface area contributed by atoms with Crippen molar-refractivity contribution in [2.24, 2.45) is 59.2 Å². The highest BCUT2D eigenvalue weighted by Crippen LogP contribution is 2.62. The van der Waals surface area contributed by atoms with Gasteiger partial charge in [0.15, 0.2) is 5.12 Å². The van der Waals surface area contributed by atoms with Gasteiger partial charge >= 0.3 is 5.97 Å². The van der Waals surface area contributed by atoms with Crippen LogP contribution in [0.3, 0.4) is 0 Å². The number of thioether (sulfide) groups is 2. The maximum atomic E-state index is 11.6. The number of benzene rings is 2. The standard InChI is InChI=1S/C31H48O3S2.C16H16O3/c1-17(32)36-23-13-25-21-8-29(27(25)14-23)31(10-21)34-16-19-5-3-18(4-6-19)15-33-30-9-20-7-28(30)26-12-22(35-2)11-24(20)26;1-12(17)19-16-9-5-14(6-10-16)11-13-3-7-15(18-2)8-4-13/h18-31H,3-16H2,1-2H3;3-10H,11H2,1-2H3. The maximum absolute atomic E-state index is 11.6. The van der Waals surface area contributed by atoms with Gasteiger partial charge in [0, 0.05) is 37.6 Å². The van der Waals surface area contributed by atoms with Crippen LogP contribution in [0.4, 0.5) is 0 Å². The quantitative estimate of drug-likeness (QED) is 0.156. The van der Waals surface area contributed by atoms with E-state index < -0.39 is 0 Å². The molecule has 300 valence electrons. The van der Waals surface area contributed by atoms with Gasteiger partial charge in [-0.1, -0.05) is 36.0 Å². The SMILES string of the molecule is COc1ccc(Cc2ccc(OC(C)=O)cc2)cc1.CSC1CC2C3CC(OCC4CCC(COC5CC6CC5C5CC(SC(C)=O)CC65)CC4)C(C3)C2C1. The molecule has 7 aliphatic rings. The molecule has 0 heterocycles. The van der Waals surface area contributed by atoms with Gasteiger partial charge < -0.3 is 18.9 Å². The molecule has 7 aliphatic carbocycles. The molecular formula is C47H64O6S2. The molecule has 12 unspecified atom stereocenters. The number of carbonyl (C=O) groups is 2. The van der Waals surface area contributed by atoms with Crippen LogP contribution in [0.2, 0.25) is 0 Å². The minimum absolute atomic E-state index is 0.303.